The zero-order valence-corrected chi connectivity index (χ0v) is 27.1. The molecule has 0 spiro atoms. The molecule has 1 aliphatic heterocycles. The van der Waals surface area contributed by atoms with Gasteiger partial charge in [-0.05, 0) is 85.2 Å². The minimum atomic E-state index is -0.363. The van der Waals surface area contributed by atoms with Crippen LogP contribution in [0.15, 0.2) is 79.0 Å². The van der Waals surface area contributed by atoms with Crippen LogP contribution in [0.4, 0.5) is 0 Å². The van der Waals surface area contributed by atoms with Crippen molar-refractivity contribution in [1.82, 2.24) is 30.4 Å². The van der Waals surface area contributed by atoms with Crippen LogP contribution in [0.25, 0.3) is 17.0 Å². The number of rotatable bonds is 13. The molecule has 3 heterocycles. The molecule has 1 aliphatic rings. The van der Waals surface area contributed by atoms with Crippen molar-refractivity contribution in [3.63, 3.8) is 0 Å². The van der Waals surface area contributed by atoms with Crippen molar-refractivity contribution < 1.29 is 9.53 Å². The zero-order chi connectivity index (χ0) is 31.9. The van der Waals surface area contributed by atoms with Crippen LogP contribution in [0.2, 0.25) is 0 Å². The maximum Gasteiger partial charge on any atom is 0.237 e. The highest BCUT2D eigenvalue weighted by atomic mass is 16.5. The quantitative estimate of drug-likeness (QED) is 0.141. The summed E-state index contributed by atoms with van der Waals surface area (Å²) in [5.74, 6) is 2.49. The summed E-state index contributed by atoms with van der Waals surface area (Å²) in [5, 5.41) is 17.6. The summed E-state index contributed by atoms with van der Waals surface area (Å²) in [4.78, 5) is 17.0. The number of H-pyrrole nitrogens is 1. The number of aromatic amines is 1. The van der Waals surface area contributed by atoms with E-state index < -0.39 is 0 Å². The van der Waals surface area contributed by atoms with Gasteiger partial charge in [0.05, 0.1) is 25.7 Å². The van der Waals surface area contributed by atoms with E-state index in [1.54, 1.807) is 7.11 Å². The number of carbonyl (C=O) groups excluding carboxylic acids is 1. The number of nitrogens with zero attached hydrogens (tertiary/aromatic N) is 3. The van der Waals surface area contributed by atoms with Gasteiger partial charge in [-0.25, -0.2) is 0 Å². The van der Waals surface area contributed by atoms with Crippen molar-refractivity contribution in [2.75, 3.05) is 13.7 Å². The minimum Gasteiger partial charge on any atom is -0.497 e. The van der Waals surface area contributed by atoms with Crippen molar-refractivity contribution in [2.24, 2.45) is 0 Å². The molecule has 0 aliphatic carbocycles. The topological polar surface area (TPSA) is 96.9 Å². The number of ether oxygens (including phenoxy) is 1. The number of aromatic nitrogens is 4. The van der Waals surface area contributed by atoms with E-state index in [4.69, 9.17) is 14.9 Å². The number of nitrogens with one attached hydrogen (secondary N) is 3. The molecule has 0 bridgehead atoms. The number of para-hydroxylation sites is 1. The maximum absolute atomic E-state index is 13.6. The summed E-state index contributed by atoms with van der Waals surface area (Å²) >= 11 is 0. The molecule has 3 N–H and O–H groups in total. The van der Waals surface area contributed by atoms with E-state index in [0.717, 1.165) is 60.7 Å². The minimum absolute atomic E-state index is 0.0140. The Kier molecular flexibility index (Phi) is 9.94. The number of amides is 1. The van der Waals surface area contributed by atoms with Gasteiger partial charge in [0.2, 0.25) is 5.91 Å². The van der Waals surface area contributed by atoms with Gasteiger partial charge >= 0.3 is 0 Å². The SMILES string of the molecule is CC/C=C\c1c(C)cccc1C[C@@H](NC(=O)C1CCCN1)c1nnc(CCc2c[nH]c3ccccc23)n1Cc1ccc(OC)cc1. The molecule has 46 heavy (non-hydrogen) atoms. The van der Waals surface area contributed by atoms with E-state index in [2.05, 4.69) is 101 Å². The first-order valence-corrected chi connectivity index (χ1v) is 16.4. The molecule has 0 radical (unpaired) electrons. The molecule has 5 aromatic rings. The fraction of sp³-hybridized carbons (Fsp3) is 0.342. The summed E-state index contributed by atoms with van der Waals surface area (Å²) < 4.78 is 7.63. The highest BCUT2D eigenvalue weighted by molar-refractivity contribution is 5.83. The molecule has 1 amide bonds. The van der Waals surface area contributed by atoms with E-state index >= 15 is 0 Å². The summed E-state index contributed by atoms with van der Waals surface area (Å²) in [5.41, 5.74) is 7.08. The number of carbonyl (C=O) groups is 1. The molecule has 2 aromatic heterocycles. The van der Waals surface area contributed by atoms with Gasteiger partial charge in [0.1, 0.15) is 11.6 Å². The van der Waals surface area contributed by atoms with Crippen LogP contribution in [0, 0.1) is 6.92 Å². The Balaban J connectivity index is 1.38. The van der Waals surface area contributed by atoms with Crippen LogP contribution in [-0.2, 0) is 30.6 Å². The summed E-state index contributed by atoms with van der Waals surface area (Å²) in [6, 6.07) is 22.4. The Morgan fingerprint density at radius 2 is 1.91 bits per heavy atom. The molecule has 1 saturated heterocycles. The zero-order valence-electron chi connectivity index (χ0n) is 27.1. The van der Waals surface area contributed by atoms with Gasteiger partial charge in [-0.1, -0.05) is 67.6 Å². The molecule has 238 valence electrons. The fourth-order valence-electron chi connectivity index (χ4n) is 6.46. The second-order valence-corrected chi connectivity index (χ2v) is 12.1. The lowest BCUT2D eigenvalue weighted by Gasteiger charge is -2.23. The lowest BCUT2D eigenvalue weighted by molar-refractivity contribution is -0.123. The van der Waals surface area contributed by atoms with Crippen molar-refractivity contribution in [2.45, 2.75) is 71.0 Å². The summed E-state index contributed by atoms with van der Waals surface area (Å²) in [6.07, 6.45) is 11.4. The average molecular weight is 617 g/mol. The number of benzene rings is 3. The van der Waals surface area contributed by atoms with E-state index in [0.29, 0.717) is 19.4 Å². The third-order valence-electron chi connectivity index (χ3n) is 9.01. The first-order chi connectivity index (χ1) is 22.5. The lowest BCUT2D eigenvalue weighted by Crippen LogP contribution is -2.43. The van der Waals surface area contributed by atoms with Crippen molar-refractivity contribution >= 4 is 22.9 Å². The van der Waals surface area contributed by atoms with Gasteiger partial charge in [0.25, 0.3) is 0 Å². The Morgan fingerprint density at radius 1 is 1.07 bits per heavy atom. The van der Waals surface area contributed by atoms with E-state index in [-0.39, 0.29) is 18.0 Å². The van der Waals surface area contributed by atoms with E-state index in [1.807, 2.05) is 18.2 Å². The number of aryl methyl sites for hydroxylation is 3. The van der Waals surface area contributed by atoms with Gasteiger partial charge in [-0.3, -0.25) is 4.79 Å². The molecule has 1 fully saturated rings. The predicted molar refractivity (Wildman–Crippen MR) is 184 cm³/mol. The third kappa shape index (κ3) is 7.07. The molecule has 0 saturated carbocycles. The summed E-state index contributed by atoms with van der Waals surface area (Å²) in [7, 11) is 1.68. The van der Waals surface area contributed by atoms with Crippen LogP contribution in [-0.4, -0.2) is 45.4 Å². The van der Waals surface area contributed by atoms with Gasteiger partial charge in [0.15, 0.2) is 5.82 Å². The van der Waals surface area contributed by atoms with E-state index in [9.17, 15) is 4.79 Å². The number of hydrogen-bond donors (Lipinski definition) is 3. The van der Waals surface area contributed by atoms with Gasteiger partial charge in [-0.2, -0.15) is 0 Å². The third-order valence-corrected chi connectivity index (χ3v) is 9.01. The Labute approximate surface area is 271 Å². The number of allylic oxidation sites excluding steroid dienone is 1. The monoisotopic (exact) mass is 616 g/mol. The van der Waals surface area contributed by atoms with Crippen molar-refractivity contribution in [3.05, 3.63) is 118 Å². The lowest BCUT2D eigenvalue weighted by atomic mass is 9.95. The van der Waals surface area contributed by atoms with Gasteiger partial charge in [-0.15, -0.1) is 10.2 Å². The average Bonchev–Trinajstić information content (AvgIpc) is 3.85. The predicted octanol–water partition coefficient (Wildman–Crippen LogP) is 6.49. The van der Waals surface area contributed by atoms with Crippen LogP contribution in [0.5, 0.6) is 5.75 Å². The molecule has 6 rings (SSSR count). The molecular formula is C38H44N6O2. The molecule has 1 unspecified atom stereocenters. The Morgan fingerprint density at radius 3 is 2.70 bits per heavy atom. The van der Waals surface area contributed by atoms with Crippen LogP contribution in [0.3, 0.4) is 0 Å². The Hall–Kier alpha value is -4.69. The Bertz CT molecular complexity index is 1800. The van der Waals surface area contributed by atoms with Crippen molar-refractivity contribution in [3.8, 4) is 5.75 Å². The van der Waals surface area contributed by atoms with Gasteiger partial charge in [0, 0.05) is 29.9 Å². The number of fused-ring (bicyclic) bond motifs is 1. The van der Waals surface area contributed by atoms with Gasteiger partial charge < -0.3 is 24.9 Å². The first kappa shape index (κ1) is 31.3. The normalized spacial score (nSPS) is 15.5. The van der Waals surface area contributed by atoms with Crippen molar-refractivity contribution in [1.29, 1.82) is 0 Å². The largest absolute Gasteiger partial charge is 0.497 e. The van der Waals surface area contributed by atoms with Crippen LogP contribution < -0.4 is 15.4 Å². The molecule has 3 aromatic carbocycles. The second-order valence-electron chi connectivity index (χ2n) is 12.1. The number of hydrogen-bond acceptors (Lipinski definition) is 5. The molecular weight excluding hydrogens is 572 g/mol. The molecule has 8 nitrogen and oxygen atoms in total. The van der Waals surface area contributed by atoms with E-state index in [1.165, 1.54) is 27.6 Å². The maximum atomic E-state index is 13.6. The molecule has 8 heteroatoms. The first-order valence-electron chi connectivity index (χ1n) is 16.4. The summed E-state index contributed by atoms with van der Waals surface area (Å²) in [6.45, 7) is 5.73. The fourth-order valence-corrected chi connectivity index (χ4v) is 6.46. The smallest absolute Gasteiger partial charge is 0.237 e. The second kappa shape index (κ2) is 14.6. The van der Waals surface area contributed by atoms with Crippen LogP contribution >= 0.6 is 0 Å². The molecule has 2 atom stereocenters. The highest BCUT2D eigenvalue weighted by Gasteiger charge is 2.29. The standard InChI is InChI=1S/C38H44N6O2/c1-4-5-12-31-26(2)10-8-11-28(31)23-35(41-38(45)34-15-9-22-39-34)37-43-42-36(44(37)25-27-16-19-30(46-3)20-17-27)21-18-29-24-40-33-14-7-6-13-32(29)33/h5-8,10-14,16-17,19-20,24,34-35,39-40H,4,9,15,18,21-23,25H2,1-3H3,(H,41,45)/b12-5-/t34?,35-/m1/s1. The van der Waals surface area contributed by atoms with Crippen LogP contribution in [0.1, 0.15) is 71.7 Å². The number of methoxy groups -OCH3 is 1. The highest BCUT2D eigenvalue weighted by Crippen LogP contribution is 2.27.